The summed E-state index contributed by atoms with van der Waals surface area (Å²) < 4.78 is 0. The number of thiophene rings is 1. The van der Waals surface area contributed by atoms with Crippen molar-refractivity contribution in [2.24, 2.45) is 0 Å². The van der Waals surface area contributed by atoms with E-state index in [1.54, 1.807) is 6.07 Å². The number of hydrogen-bond donors (Lipinski definition) is 2. The van der Waals surface area contributed by atoms with E-state index in [1.165, 1.54) is 11.3 Å². The largest absolute Gasteiger partial charge is 0.394 e. The molecule has 1 aromatic heterocycles. The van der Waals surface area contributed by atoms with Gasteiger partial charge in [0.15, 0.2) is 6.29 Å². The van der Waals surface area contributed by atoms with Crippen LogP contribution in [-0.2, 0) is 0 Å². The fourth-order valence-corrected chi connectivity index (χ4v) is 2.64. The van der Waals surface area contributed by atoms with E-state index in [9.17, 15) is 9.90 Å². The van der Waals surface area contributed by atoms with Gasteiger partial charge in [0, 0.05) is 17.6 Å². The minimum absolute atomic E-state index is 0.0311. The zero-order chi connectivity index (χ0) is 10.8. The zero-order valence-electron chi connectivity index (χ0n) is 8.17. The smallest absolute Gasteiger partial charge is 0.160 e. The Hall–Kier alpha value is -0.910. The molecule has 0 radical (unpaired) electrons. The fourth-order valence-electron chi connectivity index (χ4n) is 1.94. The SMILES string of the molecule is O=Cc1cc(N2CC(O)CC2CO)cs1. The summed E-state index contributed by atoms with van der Waals surface area (Å²) in [7, 11) is 0. The molecule has 0 aromatic carbocycles. The van der Waals surface area contributed by atoms with Crippen LogP contribution < -0.4 is 4.90 Å². The second-order valence-electron chi connectivity index (χ2n) is 3.70. The summed E-state index contributed by atoms with van der Waals surface area (Å²) in [5, 5.41) is 20.5. The van der Waals surface area contributed by atoms with Crippen LogP contribution in [0.2, 0.25) is 0 Å². The molecule has 2 atom stereocenters. The van der Waals surface area contributed by atoms with Gasteiger partial charge >= 0.3 is 0 Å². The van der Waals surface area contributed by atoms with Crippen molar-refractivity contribution < 1.29 is 15.0 Å². The Kier molecular flexibility index (Phi) is 3.04. The normalized spacial score (nSPS) is 25.9. The van der Waals surface area contributed by atoms with Gasteiger partial charge in [0.05, 0.1) is 23.6 Å². The highest BCUT2D eigenvalue weighted by Crippen LogP contribution is 2.29. The standard InChI is InChI=1S/C10H13NO3S/c12-4-7-1-9(14)3-11(7)8-2-10(5-13)15-6-8/h2,5-7,9,12,14H,1,3-4H2. The number of aliphatic hydroxyl groups is 2. The average Bonchev–Trinajstić information content (AvgIpc) is 2.82. The highest BCUT2D eigenvalue weighted by molar-refractivity contribution is 7.12. The molecule has 5 heteroatoms. The van der Waals surface area contributed by atoms with Crippen molar-refractivity contribution in [1.29, 1.82) is 0 Å². The monoisotopic (exact) mass is 227 g/mol. The second kappa shape index (κ2) is 4.30. The number of aliphatic hydroxyl groups excluding tert-OH is 2. The van der Waals surface area contributed by atoms with E-state index in [0.717, 1.165) is 12.0 Å². The Bertz CT molecular complexity index is 352. The zero-order valence-corrected chi connectivity index (χ0v) is 8.98. The van der Waals surface area contributed by atoms with Gasteiger partial charge in [0.2, 0.25) is 0 Å². The van der Waals surface area contributed by atoms with E-state index in [-0.39, 0.29) is 18.8 Å². The van der Waals surface area contributed by atoms with Crippen molar-refractivity contribution in [2.45, 2.75) is 18.6 Å². The van der Waals surface area contributed by atoms with Crippen molar-refractivity contribution in [3.05, 3.63) is 16.3 Å². The highest BCUT2D eigenvalue weighted by Gasteiger charge is 2.30. The number of hydrogen-bond acceptors (Lipinski definition) is 5. The molecule has 1 aliphatic rings. The Balaban J connectivity index is 2.18. The van der Waals surface area contributed by atoms with Gasteiger partial charge < -0.3 is 15.1 Å². The molecule has 1 aromatic rings. The molecule has 4 nitrogen and oxygen atoms in total. The summed E-state index contributed by atoms with van der Waals surface area (Å²) in [6.07, 6.45) is 1.01. The number of rotatable bonds is 3. The molecule has 1 saturated heterocycles. The molecular weight excluding hydrogens is 214 g/mol. The minimum Gasteiger partial charge on any atom is -0.394 e. The van der Waals surface area contributed by atoms with Gasteiger partial charge in [0.25, 0.3) is 0 Å². The maximum Gasteiger partial charge on any atom is 0.160 e. The van der Waals surface area contributed by atoms with E-state index in [4.69, 9.17) is 5.11 Å². The fraction of sp³-hybridized carbons (Fsp3) is 0.500. The molecule has 15 heavy (non-hydrogen) atoms. The second-order valence-corrected chi connectivity index (χ2v) is 4.65. The average molecular weight is 227 g/mol. The quantitative estimate of drug-likeness (QED) is 0.738. The molecule has 1 aliphatic heterocycles. The lowest BCUT2D eigenvalue weighted by molar-refractivity contribution is 0.112. The van der Waals surface area contributed by atoms with Gasteiger partial charge in [-0.1, -0.05) is 0 Å². The van der Waals surface area contributed by atoms with Crippen molar-refractivity contribution in [2.75, 3.05) is 18.1 Å². The maximum atomic E-state index is 10.5. The number of carbonyl (C=O) groups is 1. The lowest BCUT2D eigenvalue weighted by atomic mass is 10.2. The Labute approximate surface area is 91.8 Å². The summed E-state index contributed by atoms with van der Waals surface area (Å²) in [6, 6.07) is 1.76. The van der Waals surface area contributed by atoms with Crippen LogP contribution in [0.25, 0.3) is 0 Å². The first-order valence-electron chi connectivity index (χ1n) is 4.84. The predicted octanol–water partition coefficient (Wildman–Crippen LogP) is 0.492. The summed E-state index contributed by atoms with van der Waals surface area (Å²) in [6.45, 7) is 0.559. The van der Waals surface area contributed by atoms with E-state index < -0.39 is 0 Å². The topological polar surface area (TPSA) is 60.8 Å². The minimum atomic E-state index is -0.387. The van der Waals surface area contributed by atoms with Crippen LogP contribution in [0.15, 0.2) is 11.4 Å². The van der Waals surface area contributed by atoms with Crippen LogP contribution >= 0.6 is 11.3 Å². The molecule has 0 spiro atoms. The first-order valence-corrected chi connectivity index (χ1v) is 5.72. The third-order valence-electron chi connectivity index (χ3n) is 2.66. The van der Waals surface area contributed by atoms with E-state index in [1.807, 2.05) is 10.3 Å². The van der Waals surface area contributed by atoms with Gasteiger partial charge in [-0.05, 0) is 12.5 Å². The Morgan fingerprint density at radius 3 is 3.07 bits per heavy atom. The third-order valence-corrected chi connectivity index (χ3v) is 3.50. The number of anilines is 1. The van der Waals surface area contributed by atoms with Crippen LogP contribution in [0.5, 0.6) is 0 Å². The maximum absolute atomic E-state index is 10.5. The molecule has 0 amide bonds. The van der Waals surface area contributed by atoms with Crippen molar-refractivity contribution in [1.82, 2.24) is 0 Å². The highest BCUT2D eigenvalue weighted by atomic mass is 32.1. The molecule has 0 aliphatic carbocycles. The van der Waals surface area contributed by atoms with Crippen LogP contribution in [-0.4, -0.2) is 41.8 Å². The van der Waals surface area contributed by atoms with E-state index in [2.05, 4.69) is 0 Å². The first-order chi connectivity index (χ1) is 7.24. The lowest BCUT2D eigenvalue weighted by Crippen LogP contribution is -2.31. The van der Waals surface area contributed by atoms with Crippen LogP contribution in [0, 0.1) is 0 Å². The molecule has 82 valence electrons. The molecular formula is C10H13NO3S. The molecule has 1 fully saturated rings. The van der Waals surface area contributed by atoms with E-state index in [0.29, 0.717) is 17.8 Å². The van der Waals surface area contributed by atoms with Crippen LogP contribution in [0.3, 0.4) is 0 Å². The summed E-state index contributed by atoms with van der Waals surface area (Å²) in [5.41, 5.74) is 0.915. The summed E-state index contributed by atoms with van der Waals surface area (Å²) in [4.78, 5) is 13.2. The number of β-amino-alcohol motifs (C(OH)–C–C–N with tert-alkyl or cyclic N) is 1. The number of nitrogens with zero attached hydrogens (tertiary/aromatic N) is 1. The predicted molar refractivity (Wildman–Crippen MR) is 58.6 cm³/mol. The molecule has 2 unspecified atom stereocenters. The molecule has 2 N–H and O–H groups in total. The van der Waals surface area contributed by atoms with Crippen LogP contribution in [0.4, 0.5) is 5.69 Å². The molecule has 0 saturated carbocycles. The Morgan fingerprint density at radius 2 is 2.47 bits per heavy atom. The van der Waals surface area contributed by atoms with Crippen molar-refractivity contribution in [3.8, 4) is 0 Å². The third kappa shape index (κ3) is 2.04. The van der Waals surface area contributed by atoms with Crippen LogP contribution in [0.1, 0.15) is 16.1 Å². The molecule has 2 heterocycles. The summed E-state index contributed by atoms with van der Waals surface area (Å²) >= 11 is 1.38. The van der Waals surface area contributed by atoms with Crippen molar-refractivity contribution >= 4 is 23.3 Å². The number of aldehydes is 1. The van der Waals surface area contributed by atoms with Crippen molar-refractivity contribution in [3.63, 3.8) is 0 Å². The lowest BCUT2D eigenvalue weighted by Gasteiger charge is -2.23. The molecule has 2 rings (SSSR count). The first kappa shape index (κ1) is 10.6. The van der Waals surface area contributed by atoms with Gasteiger partial charge in [-0.25, -0.2) is 0 Å². The van der Waals surface area contributed by atoms with Gasteiger partial charge in [-0.15, -0.1) is 11.3 Å². The van der Waals surface area contributed by atoms with E-state index >= 15 is 0 Å². The molecule has 0 bridgehead atoms. The summed E-state index contributed by atoms with van der Waals surface area (Å²) in [5.74, 6) is 0. The van der Waals surface area contributed by atoms with Gasteiger partial charge in [-0.2, -0.15) is 0 Å². The number of carbonyl (C=O) groups excluding carboxylic acids is 1. The van der Waals surface area contributed by atoms with Gasteiger partial charge in [0.1, 0.15) is 0 Å². The van der Waals surface area contributed by atoms with Gasteiger partial charge in [-0.3, -0.25) is 4.79 Å². The Morgan fingerprint density at radius 1 is 1.67 bits per heavy atom.